The molecule has 0 aliphatic heterocycles. The van der Waals surface area contributed by atoms with Crippen LogP contribution in [0.3, 0.4) is 0 Å². The first-order valence-electron chi connectivity index (χ1n) is 3.46. The number of halogens is 3. The molecule has 0 saturated heterocycles. The van der Waals surface area contributed by atoms with Crippen molar-refractivity contribution in [2.75, 3.05) is 0 Å². The maximum atomic E-state index is 5.84. The molecule has 2 heterocycles. The van der Waals surface area contributed by atoms with E-state index in [1.54, 1.807) is 4.52 Å². The van der Waals surface area contributed by atoms with Crippen molar-refractivity contribution < 1.29 is 0 Å². The predicted octanol–water partition coefficient (Wildman–Crippen LogP) is 2.90. The van der Waals surface area contributed by atoms with Gasteiger partial charge in [-0.25, -0.2) is 9.50 Å². The minimum Gasteiger partial charge on any atom is -0.220 e. The number of hydrogen-bond donors (Lipinski definition) is 0. The quantitative estimate of drug-likeness (QED) is 0.615. The lowest BCUT2D eigenvalue weighted by atomic mass is 10.3. The summed E-state index contributed by atoms with van der Waals surface area (Å²) in [7, 11) is 0. The average Bonchev–Trinajstić information content (AvgIpc) is 2.32. The SMILES string of the molecule is Cc1cc(Cl)nn2c(I)c(I)nc12. The Balaban J connectivity index is 2.94. The van der Waals surface area contributed by atoms with Gasteiger partial charge in [-0.1, -0.05) is 11.6 Å². The predicted molar refractivity (Wildman–Crippen MR) is 68.2 cm³/mol. The first-order chi connectivity index (χ1) is 6.09. The van der Waals surface area contributed by atoms with Crippen molar-refractivity contribution in [3.63, 3.8) is 0 Å². The zero-order chi connectivity index (χ0) is 9.59. The maximum Gasteiger partial charge on any atom is 0.159 e. The van der Waals surface area contributed by atoms with Gasteiger partial charge < -0.3 is 0 Å². The highest BCUT2D eigenvalue weighted by Crippen LogP contribution is 2.19. The Morgan fingerprint density at radius 3 is 2.85 bits per heavy atom. The summed E-state index contributed by atoms with van der Waals surface area (Å²) in [6, 6.07) is 1.82. The lowest BCUT2D eigenvalue weighted by Gasteiger charge is -1.97. The van der Waals surface area contributed by atoms with Crippen molar-refractivity contribution in [3.05, 3.63) is 24.2 Å². The zero-order valence-corrected chi connectivity index (χ0v) is 11.6. The third-order valence-corrected chi connectivity index (χ3v) is 4.58. The van der Waals surface area contributed by atoms with Crippen LogP contribution in [0.25, 0.3) is 5.65 Å². The van der Waals surface area contributed by atoms with Crippen molar-refractivity contribution in [1.82, 2.24) is 14.6 Å². The Morgan fingerprint density at radius 2 is 2.15 bits per heavy atom. The normalized spacial score (nSPS) is 11.1. The van der Waals surface area contributed by atoms with E-state index in [2.05, 4.69) is 55.3 Å². The highest BCUT2D eigenvalue weighted by Gasteiger charge is 2.10. The molecule has 68 valence electrons. The number of imidazole rings is 1. The van der Waals surface area contributed by atoms with Gasteiger partial charge in [-0.15, -0.1) is 0 Å². The van der Waals surface area contributed by atoms with Crippen LogP contribution >= 0.6 is 56.8 Å². The van der Waals surface area contributed by atoms with E-state index in [9.17, 15) is 0 Å². The molecule has 0 aliphatic rings. The highest BCUT2D eigenvalue weighted by atomic mass is 127. The van der Waals surface area contributed by atoms with Crippen LogP contribution in [-0.2, 0) is 0 Å². The molecule has 0 atom stereocenters. The van der Waals surface area contributed by atoms with Crippen LogP contribution in [-0.4, -0.2) is 14.6 Å². The van der Waals surface area contributed by atoms with Crippen LogP contribution in [0.1, 0.15) is 5.56 Å². The zero-order valence-electron chi connectivity index (χ0n) is 6.55. The topological polar surface area (TPSA) is 30.2 Å². The molecule has 0 N–H and O–H groups in total. The Hall–Kier alpha value is 0.370. The molecule has 0 aromatic carbocycles. The van der Waals surface area contributed by atoms with Gasteiger partial charge in [-0.3, -0.25) is 0 Å². The van der Waals surface area contributed by atoms with Crippen LogP contribution in [0.15, 0.2) is 6.07 Å². The molecule has 0 bridgehead atoms. The van der Waals surface area contributed by atoms with Gasteiger partial charge in [0.1, 0.15) is 12.6 Å². The molecule has 0 unspecified atom stereocenters. The number of rotatable bonds is 0. The van der Waals surface area contributed by atoms with E-state index in [1.807, 2.05) is 13.0 Å². The lowest BCUT2D eigenvalue weighted by Crippen LogP contribution is -1.96. The van der Waals surface area contributed by atoms with Gasteiger partial charge in [-0.2, -0.15) is 5.10 Å². The van der Waals surface area contributed by atoms with E-state index in [4.69, 9.17) is 11.6 Å². The van der Waals surface area contributed by atoms with Crippen LogP contribution < -0.4 is 0 Å². The Morgan fingerprint density at radius 1 is 1.46 bits per heavy atom. The molecule has 2 rings (SSSR count). The van der Waals surface area contributed by atoms with E-state index in [-0.39, 0.29) is 0 Å². The molecule has 0 amide bonds. The Labute approximate surface area is 107 Å². The average molecular weight is 419 g/mol. The van der Waals surface area contributed by atoms with Crippen molar-refractivity contribution in [1.29, 1.82) is 0 Å². The van der Waals surface area contributed by atoms with Crippen molar-refractivity contribution in [2.24, 2.45) is 0 Å². The maximum absolute atomic E-state index is 5.84. The monoisotopic (exact) mass is 419 g/mol. The Kier molecular flexibility index (Phi) is 2.67. The second kappa shape index (κ2) is 3.50. The highest BCUT2D eigenvalue weighted by molar-refractivity contribution is 14.1. The van der Waals surface area contributed by atoms with Gasteiger partial charge in [0.05, 0.1) is 0 Å². The molecule has 0 saturated carbocycles. The smallest absolute Gasteiger partial charge is 0.159 e. The summed E-state index contributed by atoms with van der Waals surface area (Å²) in [5.41, 5.74) is 1.92. The van der Waals surface area contributed by atoms with Crippen LogP contribution in [0.5, 0.6) is 0 Å². The summed E-state index contributed by atoms with van der Waals surface area (Å²) in [6.45, 7) is 1.97. The minimum atomic E-state index is 0.497. The number of fused-ring (bicyclic) bond motifs is 1. The fraction of sp³-hybridized carbons (Fsp3) is 0.143. The van der Waals surface area contributed by atoms with Gasteiger partial charge in [0.2, 0.25) is 0 Å². The van der Waals surface area contributed by atoms with Gasteiger partial charge in [0, 0.05) is 0 Å². The molecular formula is C7H4ClI2N3. The molecule has 3 nitrogen and oxygen atoms in total. The molecular weight excluding hydrogens is 415 g/mol. The first kappa shape index (κ1) is 9.91. The van der Waals surface area contributed by atoms with Crippen molar-refractivity contribution in [3.8, 4) is 0 Å². The van der Waals surface area contributed by atoms with E-state index in [1.165, 1.54) is 0 Å². The molecule has 2 aromatic rings. The van der Waals surface area contributed by atoms with Gasteiger partial charge in [-0.05, 0) is 63.7 Å². The summed E-state index contributed by atoms with van der Waals surface area (Å²) < 4.78 is 3.72. The third-order valence-electron chi connectivity index (χ3n) is 1.64. The summed E-state index contributed by atoms with van der Waals surface area (Å²) >= 11 is 10.2. The number of aromatic nitrogens is 3. The molecule has 0 spiro atoms. The first-order valence-corrected chi connectivity index (χ1v) is 6.00. The number of aryl methyl sites for hydroxylation is 1. The summed E-state index contributed by atoms with van der Waals surface area (Å²) in [4.78, 5) is 4.37. The summed E-state index contributed by atoms with van der Waals surface area (Å²) in [6.07, 6.45) is 0. The number of hydrogen-bond acceptors (Lipinski definition) is 2. The van der Waals surface area contributed by atoms with Crippen molar-refractivity contribution in [2.45, 2.75) is 6.92 Å². The molecule has 0 radical (unpaired) electrons. The largest absolute Gasteiger partial charge is 0.220 e. The summed E-state index contributed by atoms with van der Waals surface area (Å²) in [5, 5.41) is 4.66. The second-order valence-corrected chi connectivity index (χ2v) is 5.01. The minimum absolute atomic E-state index is 0.497. The standard InChI is InChI=1S/C7H4ClI2N3/c1-3-2-4(8)12-13-6(10)5(9)11-7(3)13/h2H,1H3. The van der Waals surface area contributed by atoms with Gasteiger partial charge in [0.25, 0.3) is 0 Å². The lowest BCUT2D eigenvalue weighted by molar-refractivity contribution is 0.905. The molecule has 6 heteroatoms. The van der Waals surface area contributed by atoms with Crippen LogP contribution in [0, 0.1) is 14.3 Å². The third kappa shape index (κ3) is 1.65. The van der Waals surface area contributed by atoms with E-state index >= 15 is 0 Å². The van der Waals surface area contributed by atoms with Crippen molar-refractivity contribution >= 4 is 62.4 Å². The molecule has 0 aliphatic carbocycles. The van der Waals surface area contributed by atoms with E-state index in [0.717, 1.165) is 18.6 Å². The van der Waals surface area contributed by atoms with E-state index in [0.29, 0.717) is 5.15 Å². The fourth-order valence-corrected chi connectivity index (χ4v) is 2.23. The van der Waals surface area contributed by atoms with Crippen LogP contribution in [0.2, 0.25) is 5.15 Å². The fourth-order valence-electron chi connectivity index (χ4n) is 1.08. The molecule has 2 aromatic heterocycles. The number of nitrogens with zero attached hydrogens (tertiary/aromatic N) is 3. The molecule has 0 fully saturated rings. The van der Waals surface area contributed by atoms with E-state index < -0.39 is 0 Å². The summed E-state index contributed by atoms with van der Waals surface area (Å²) in [5.74, 6) is 0. The van der Waals surface area contributed by atoms with Gasteiger partial charge >= 0.3 is 0 Å². The van der Waals surface area contributed by atoms with Gasteiger partial charge in [0.15, 0.2) is 5.65 Å². The Bertz CT molecular complexity index is 480. The van der Waals surface area contributed by atoms with Crippen LogP contribution in [0.4, 0.5) is 0 Å². The molecule has 13 heavy (non-hydrogen) atoms. The second-order valence-electron chi connectivity index (χ2n) is 2.58.